The largest absolute Gasteiger partial charge is 0.468 e. The minimum atomic E-state index is -0.475. The molecule has 1 aliphatic carbocycles. The summed E-state index contributed by atoms with van der Waals surface area (Å²) in [7, 11) is 38.9. The highest BCUT2D eigenvalue weighted by Gasteiger charge is 2.31. The number of ether oxygens (including phenoxy) is 1. The molecule has 0 radical (unpaired) electrons. The summed E-state index contributed by atoms with van der Waals surface area (Å²) in [6.45, 7) is 25.2. The molecule has 1 atom stereocenters. The number of aromatic nitrogens is 4. The van der Waals surface area contributed by atoms with Gasteiger partial charge in [0.25, 0.3) is 0 Å². The van der Waals surface area contributed by atoms with E-state index in [1.165, 1.54) is 203 Å². The summed E-state index contributed by atoms with van der Waals surface area (Å²) in [4.78, 5) is 36.2. The van der Waals surface area contributed by atoms with Gasteiger partial charge in [0, 0.05) is 163 Å². The summed E-state index contributed by atoms with van der Waals surface area (Å²) in [5.41, 5.74) is 1.12. The van der Waals surface area contributed by atoms with Crippen LogP contribution in [0.25, 0.3) is 0 Å². The van der Waals surface area contributed by atoms with E-state index < -0.39 is 24.2 Å². The molecule has 792 valence electrons. The minimum Gasteiger partial charge on any atom is -0.468 e. The lowest BCUT2D eigenvalue weighted by Crippen LogP contribution is -2.45. The number of aryl methyl sites for hydroxylation is 1. The van der Waals surface area contributed by atoms with Crippen molar-refractivity contribution in [3.05, 3.63) is 324 Å². The molecular weight excluding hydrogens is 1870 g/mol. The van der Waals surface area contributed by atoms with Gasteiger partial charge in [0.05, 0.1) is 30.9 Å². The van der Waals surface area contributed by atoms with Crippen LogP contribution >= 0.6 is 46.9 Å². The average molecular weight is 2060 g/mol. The normalized spacial score (nSPS) is 14.4. The number of furan rings is 1. The van der Waals surface area contributed by atoms with Crippen LogP contribution in [0.4, 0.5) is 0 Å². The van der Waals surface area contributed by atoms with E-state index in [2.05, 4.69) is 434 Å². The Hall–Kier alpha value is -7.67. The summed E-state index contributed by atoms with van der Waals surface area (Å²) in [6, 6.07) is 89.2. The van der Waals surface area contributed by atoms with E-state index in [9.17, 15) is 0 Å². The van der Waals surface area contributed by atoms with Crippen molar-refractivity contribution in [1.82, 2.24) is 87.0 Å². The smallest absolute Gasteiger partial charge is 0.117 e. The van der Waals surface area contributed by atoms with Crippen molar-refractivity contribution in [3.63, 3.8) is 0 Å². The van der Waals surface area contributed by atoms with Gasteiger partial charge in [0.15, 0.2) is 0 Å². The van der Waals surface area contributed by atoms with Crippen molar-refractivity contribution in [1.29, 1.82) is 0 Å². The van der Waals surface area contributed by atoms with Gasteiger partial charge in [-0.15, -0.1) is 22.7 Å². The molecule has 4 fully saturated rings. The molecule has 16 rings (SSSR count). The Morgan fingerprint density at radius 3 is 1.26 bits per heavy atom. The Morgan fingerprint density at radius 1 is 0.347 bits per heavy atom. The standard InChI is InChI=1S/C23H33N2P.C21H30N3P.C18H22NOP.C10H22N2.C8H15N3.C8H14N2.C8H12N2.C8H13NS.C7H11NO.C7H11NS.CH4/c1-24(2)19-12-20-25(21-13-6-3-7-14-21)26(22-15-8-4-9-16-22)23-17-10-5-11-18-23;1-22-16-18-24(19-17-22)15-9-14-23(2)25(20-10-5-3-6-11-20)21-12-7-4-8-13-21;1-19(15-16-9-8-14-20-16)21(17-10-4-2-5-11-17)18-12-6-3-7-13-18;1-11(2)7-3-4-8-12-9-5-6-10-12;1-10(2)5-3-6-11-7-4-9-8-11;1-9(2)7-8-10-5-3-4-6-10;1-10(2)7-8-5-3-4-6-9-8;1-9(2)6-5-8-4-3-7-10-8;2*1-8(2)6-7-4-3-5-9-7;/h4-5,8-11,15-18,21H,3,6-7,12-14,19-20H2,1-2H3;3-8,10-13H,9,14-19H2,1-2H3;2-7,10-13,16H,8-9,14-15H2,1H3;3-10H2,1-2H3;4,7-8H,3,5-6H2,1-2H3;3-6H,7-8H2,1-2H3;3-6H,7H2,1-2H3;3-4,7H,5-6H2,1-2H3;2*3-5H,6H2,1-2H3;1H4. The fourth-order valence-electron chi connectivity index (χ4n) is 16.8. The average Bonchev–Trinajstić information content (AvgIpc) is 1.15. The first-order valence-electron chi connectivity index (χ1n) is 52.2. The quantitative estimate of drug-likeness (QED) is 0.0268. The van der Waals surface area contributed by atoms with Gasteiger partial charge in [-0.05, 0) is 348 Å². The Balaban J connectivity index is 0.000000252. The number of likely N-dealkylation sites (N-methyl/N-ethyl adjacent to an activating group) is 4. The van der Waals surface area contributed by atoms with E-state index in [-0.39, 0.29) is 7.43 Å². The summed E-state index contributed by atoms with van der Waals surface area (Å²) in [5, 5.41) is 12.9. The van der Waals surface area contributed by atoms with E-state index in [0.29, 0.717) is 6.10 Å². The van der Waals surface area contributed by atoms with E-state index in [4.69, 9.17) is 9.15 Å². The minimum absolute atomic E-state index is 0. The molecule has 25 heteroatoms. The van der Waals surface area contributed by atoms with Crippen LogP contribution in [0.15, 0.2) is 307 Å². The van der Waals surface area contributed by atoms with Gasteiger partial charge >= 0.3 is 0 Å². The third kappa shape index (κ3) is 56.1. The number of benzene rings is 6. The highest BCUT2D eigenvalue weighted by atomic mass is 32.1. The maximum Gasteiger partial charge on any atom is 0.117 e. The number of unbranched alkanes of at least 4 members (excludes halogenated alkanes) is 1. The molecule has 20 nitrogen and oxygen atoms in total. The second kappa shape index (κ2) is 76.8. The van der Waals surface area contributed by atoms with Crippen molar-refractivity contribution >= 4 is 78.7 Å². The summed E-state index contributed by atoms with van der Waals surface area (Å²) in [5.74, 6) is 1.01. The van der Waals surface area contributed by atoms with E-state index in [1.807, 2.05) is 106 Å². The van der Waals surface area contributed by atoms with Gasteiger partial charge in [-0.1, -0.05) is 227 Å². The Bertz CT molecular complexity index is 4630. The zero-order valence-corrected chi connectivity index (χ0v) is 95.5. The van der Waals surface area contributed by atoms with Crippen molar-refractivity contribution in [3.8, 4) is 0 Å². The van der Waals surface area contributed by atoms with E-state index >= 15 is 0 Å². The first kappa shape index (κ1) is 125. The van der Waals surface area contributed by atoms with Crippen molar-refractivity contribution in [2.75, 3.05) is 245 Å². The predicted molar refractivity (Wildman–Crippen MR) is 631 cm³/mol. The summed E-state index contributed by atoms with van der Waals surface area (Å²) < 4.78 is 23.1. The molecule has 0 amide bonds. The van der Waals surface area contributed by atoms with Crippen LogP contribution < -0.4 is 31.8 Å². The SMILES string of the molecule is C.CN(C)CCCCN1CCCC1.CN(C)CCCN(C1CCCCC1)P(c1ccccc1)c1ccccc1.CN(C)CCCn1ccnc1.CN(C)CCc1cccs1.CN(C)CCn1cccc1.CN(C)Cc1ccccn1.CN(C)Cc1ccco1.CN(C)Cc1cccs1.CN(CC1CCCO1)P(c1ccccc1)c1ccccc1.CN1CCN(CCCN(C)P(c2ccccc2)c2ccccc2)CC1. The number of piperazine rings is 1. The van der Waals surface area contributed by atoms with Crippen LogP contribution in [-0.4, -0.2) is 344 Å². The molecule has 0 spiro atoms. The van der Waals surface area contributed by atoms with Crippen molar-refractivity contribution in [2.24, 2.45) is 0 Å². The maximum absolute atomic E-state index is 5.81. The summed E-state index contributed by atoms with van der Waals surface area (Å²) >= 11 is 3.65. The zero-order valence-electron chi connectivity index (χ0n) is 91.2. The number of nitrogens with zero attached hydrogens (tertiary/aromatic N) is 18. The third-order valence-electron chi connectivity index (χ3n) is 24.3. The van der Waals surface area contributed by atoms with Crippen LogP contribution in [0.2, 0.25) is 0 Å². The molecule has 9 heterocycles. The van der Waals surface area contributed by atoms with Crippen LogP contribution in [0.1, 0.15) is 119 Å². The second-order valence-electron chi connectivity index (χ2n) is 39.5. The fourth-order valence-corrected chi connectivity index (χ4v) is 25.7. The Morgan fingerprint density at radius 2 is 0.812 bits per heavy atom. The van der Waals surface area contributed by atoms with Crippen LogP contribution in [0.5, 0.6) is 0 Å². The number of pyridine rings is 1. The Kier molecular flexibility index (Phi) is 66.7. The van der Waals surface area contributed by atoms with Crippen LogP contribution in [0.3, 0.4) is 0 Å². The van der Waals surface area contributed by atoms with Gasteiger partial charge in [-0.2, -0.15) is 0 Å². The molecule has 6 aromatic carbocycles. The lowest BCUT2D eigenvalue weighted by molar-refractivity contribution is 0.0991. The lowest BCUT2D eigenvalue weighted by atomic mass is 9.95. The number of imidazole rings is 1. The second-order valence-corrected chi connectivity index (χ2v) is 48.4. The number of rotatable bonds is 41. The fraction of sp³-hybridized carbons (Fsp3) is 0.496. The third-order valence-corrected chi connectivity index (χ3v) is 33.5. The van der Waals surface area contributed by atoms with Gasteiger partial charge < -0.3 is 72.2 Å². The molecule has 144 heavy (non-hydrogen) atoms. The van der Waals surface area contributed by atoms with E-state index in [1.54, 1.807) is 6.26 Å². The number of thiophene rings is 2. The van der Waals surface area contributed by atoms with Crippen LogP contribution in [0, 0.1) is 0 Å². The van der Waals surface area contributed by atoms with Gasteiger partial charge in [-0.25, -0.2) is 4.98 Å². The molecule has 3 aliphatic heterocycles. The van der Waals surface area contributed by atoms with Crippen molar-refractivity contribution in [2.45, 2.75) is 149 Å². The molecule has 1 unspecified atom stereocenters. The first-order valence-corrected chi connectivity index (χ1v) is 57.9. The molecule has 1 saturated carbocycles. The molecule has 12 aromatic rings. The maximum atomic E-state index is 5.81. The molecule has 3 saturated heterocycles. The molecule has 0 N–H and O–H groups in total. The molecule has 4 aliphatic rings. The van der Waals surface area contributed by atoms with Gasteiger partial charge in [-0.3, -0.25) is 19.0 Å². The zero-order chi connectivity index (χ0) is 103. The monoisotopic (exact) mass is 2060 g/mol. The molecule has 6 aromatic heterocycles. The number of hydrogen-bond donors (Lipinski definition) is 0. The highest BCUT2D eigenvalue weighted by Crippen LogP contribution is 2.44. The lowest BCUT2D eigenvalue weighted by Gasteiger charge is -2.40. The van der Waals surface area contributed by atoms with Gasteiger partial charge in [0.1, 0.15) is 5.76 Å². The number of hydrogen-bond acceptors (Lipinski definition) is 20. The van der Waals surface area contributed by atoms with E-state index in [0.717, 1.165) is 96.1 Å². The number of likely N-dealkylation sites (tertiary alicyclic amines) is 1. The first-order chi connectivity index (χ1) is 69.3. The Labute approximate surface area is 886 Å². The van der Waals surface area contributed by atoms with Crippen LogP contribution in [-0.2, 0) is 43.9 Å². The highest BCUT2D eigenvalue weighted by molar-refractivity contribution is 7.71. The van der Waals surface area contributed by atoms with Gasteiger partial charge in [0.2, 0.25) is 0 Å². The molecular formula is C119H187N18O2P3S2. The van der Waals surface area contributed by atoms with Crippen molar-refractivity contribution < 1.29 is 9.15 Å². The topological polar surface area (TPSA) is 103 Å². The predicted octanol–water partition coefficient (Wildman–Crippen LogP) is 20.5. The summed E-state index contributed by atoms with van der Waals surface area (Å²) in [6.07, 6.45) is 33.5. The molecule has 0 bridgehead atoms.